The largest absolute Gasteiger partial charge is 0.398 e. The van der Waals surface area contributed by atoms with Gasteiger partial charge in [-0.15, -0.1) is 0 Å². The molecule has 0 saturated carbocycles. The molecule has 0 spiro atoms. The molecular formula is C15H19N3O2S. The molecule has 1 aromatic carbocycles. The molecule has 0 fully saturated rings. The zero-order valence-electron chi connectivity index (χ0n) is 12.3. The maximum atomic E-state index is 12.4. The fourth-order valence-corrected chi connectivity index (χ4v) is 3.42. The summed E-state index contributed by atoms with van der Waals surface area (Å²) in [6.07, 6.45) is 1.65. The van der Waals surface area contributed by atoms with Gasteiger partial charge < -0.3 is 5.73 Å². The number of nitrogens with one attached hydrogen (secondary N) is 1. The second kappa shape index (κ2) is 5.83. The number of rotatable bonds is 4. The van der Waals surface area contributed by atoms with Crippen molar-refractivity contribution in [3.8, 4) is 0 Å². The van der Waals surface area contributed by atoms with Crippen molar-refractivity contribution in [1.82, 2.24) is 9.71 Å². The smallest absolute Gasteiger partial charge is 0.241 e. The predicted octanol–water partition coefficient (Wildman–Crippen LogP) is 2.07. The summed E-state index contributed by atoms with van der Waals surface area (Å²) in [5.41, 5.74) is 9.35. The molecule has 1 heterocycles. The molecule has 0 atom stereocenters. The van der Waals surface area contributed by atoms with E-state index >= 15 is 0 Å². The van der Waals surface area contributed by atoms with Crippen LogP contribution >= 0.6 is 0 Å². The van der Waals surface area contributed by atoms with Crippen LogP contribution in [0.15, 0.2) is 35.4 Å². The fraction of sp³-hybridized carbons (Fsp3) is 0.267. The van der Waals surface area contributed by atoms with E-state index in [4.69, 9.17) is 5.73 Å². The minimum atomic E-state index is -3.62. The van der Waals surface area contributed by atoms with E-state index in [0.717, 1.165) is 11.1 Å². The number of anilines is 1. The lowest BCUT2D eigenvalue weighted by molar-refractivity contribution is 0.579. The number of nitrogens with zero attached hydrogens (tertiary/aromatic N) is 1. The Bertz CT molecular complexity index is 770. The SMILES string of the molecule is Cc1cc(N)c(C)c(S(=O)(=O)NCc2ncccc2C)c1. The third-order valence-electron chi connectivity index (χ3n) is 3.38. The van der Waals surface area contributed by atoms with E-state index in [-0.39, 0.29) is 11.4 Å². The number of sulfonamides is 1. The van der Waals surface area contributed by atoms with Gasteiger partial charge in [-0.25, -0.2) is 13.1 Å². The van der Waals surface area contributed by atoms with Gasteiger partial charge in [-0.2, -0.15) is 0 Å². The minimum Gasteiger partial charge on any atom is -0.398 e. The first-order valence-electron chi connectivity index (χ1n) is 6.58. The molecule has 5 nitrogen and oxygen atoms in total. The van der Waals surface area contributed by atoms with Crippen LogP contribution in [-0.2, 0) is 16.6 Å². The van der Waals surface area contributed by atoms with Crippen LogP contribution in [0.1, 0.15) is 22.4 Å². The maximum absolute atomic E-state index is 12.4. The molecule has 6 heteroatoms. The summed E-state index contributed by atoms with van der Waals surface area (Å²) in [6.45, 7) is 5.57. The van der Waals surface area contributed by atoms with Gasteiger partial charge in [-0.05, 0) is 55.7 Å². The molecule has 0 bridgehead atoms. The first-order chi connectivity index (χ1) is 9.81. The third-order valence-corrected chi connectivity index (χ3v) is 4.91. The Hall–Kier alpha value is -1.92. The third kappa shape index (κ3) is 3.40. The van der Waals surface area contributed by atoms with Gasteiger partial charge in [0.25, 0.3) is 0 Å². The van der Waals surface area contributed by atoms with Crippen molar-refractivity contribution in [2.24, 2.45) is 0 Å². The molecule has 2 aromatic rings. The fourth-order valence-electron chi connectivity index (χ4n) is 2.08. The van der Waals surface area contributed by atoms with Crippen molar-refractivity contribution >= 4 is 15.7 Å². The average Bonchev–Trinajstić information content (AvgIpc) is 2.42. The Labute approximate surface area is 125 Å². The van der Waals surface area contributed by atoms with Crippen LogP contribution in [0.2, 0.25) is 0 Å². The molecule has 0 saturated heterocycles. The van der Waals surface area contributed by atoms with E-state index in [1.54, 1.807) is 25.3 Å². The molecule has 0 aliphatic carbocycles. The second-order valence-electron chi connectivity index (χ2n) is 5.07. The van der Waals surface area contributed by atoms with Gasteiger partial charge in [0.15, 0.2) is 0 Å². The Kier molecular flexibility index (Phi) is 4.29. The Morgan fingerprint density at radius 3 is 2.62 bits per heavy atom. The zero-order chi connectivity index (χ0) is 15.6. The summed E-state index contributed by atoms with van der Waals surface area (Å²) in [6, 6.07) is 7.10. The monoisotopic (exact) mass is 305 g/mol. The number of aryl methyl sites for hydroxylation is 2. The quantitative estimate of drug-likeness (QED) is 0.847. The highest BCUT2D eigenvalue weighted by Crippen LogP contribution is 2.23. The van der Waals surface area contributed by atoms with E-state index in [1.807, 2.05) is 26.0 Å². The summed E-state index contributed by atoms with van der Waals surface area (Å²) in [5, 5.41) is 0. The van der Waals surface area contributed by atoms with E-state index in [9.17, 15) is 8.42 Å². The van der Waals surface area contributed by atoms with Gasteiger partial charge >= 0.3 is 0 Å². The van der Waals surface area contributed by atoms with E-state index in [0.29, 0.717) is 16.9 Å². The van der Waals surface area contributed by atoms with Crippen molar-refractivity contribution in [2.45, 2.75) is 32.2 Å². The predicted molar refractivity (Wildman–Crippen MR) is 83.3 cm³/mol. The minimum absolute atomic E-state index is 0.155. The molecule has 0 amide bonds. The number of aromatic nitrogens is 1. The van der Waals surface area contributed by atoms with Crippen LogP contribution in [0.25, 0.3) is 0 Å². The highest BCUT2D eigenvalue weighted by molar-refractivity contribution is 7.89. The van der Waals surface area contributed by atoms with Gasteiger partial charge in [-0.1, -0.05) is 6.07 Å². The van der Waals surface area contributed by atoms with Crippen LogP contribution in [0, 0.1) is 20.8 Å². The van der Waals surface area contributed by atoms with E-state index in [2.05, 4.69) is 9.71 Å². The average molecular weight is 305 g/mol. The summed E-state index contributed by atoms with van der Waals surface area (Å²) < 4.78 is 27.5. The zero-order valence-corrected chi connectivity index (χ0v) is 13.2. The lowest BCUT2D eigenvalue weighted by Crippen LogP contribution is -2.25. The highest BCUT2D eigenvalue weighted by Gasteiger charge is 2.19. The van der Waals surface area contributed by atoms with Crippen LogP contribution < -0.4 is 10.5 Å². The first-order valence-corrected chi connectivity index (χ1v) is 8.06. The van der Waals surface area contributed by atoms with Crippen LogP contribution in [0.3, 0.4) is 0 Å². The molecule has 0 unspecified atom stereocenters. The molecule has 0 aliphatic heterocycles. The first kappa shape index (κ1) is 15.5. The Balaban J connectivity index is 2.30. The lowest BCUT2D eigenvalue weighted by Gasteiger charge is -2.12. The summed E-state index contributed by atoms with van der Waals surface area (Å²) in [4.78, 5) is 4.40. The summed E-state index contributed by atoms with van der Waals surface area (Å²) in [7, 11) is -3.62. The van der Waals surface area contributed by atoms with Crippen molar-refractivity contribution < 1.29 is 8.42 Å². The van der Waals surface area contributed by atoms with Crippen LogP contribution in [0.4, 0.5) is 5.69 Å². The van der Waals surface area contributed by atoms with Crippen molar-refractivity contribution in [2.75, 3.05) is 5.73 Å². The molecule has 2 rings (SSSR count). The summed E-state index contributed by atoms with van der Waals surface area (Å²) in [5.74, 6) is 0. The lowest BCUT2D eigenvalue weighted by atomic mass is 10.1. The van der Waals surface area contributed by atoms with Gasteiger partial charge in [0.2, 0.25) is 10.0 Å². The van der Waals surface area contributed by atoms with Crippen molar-refractivity contribution in [3.63, 3.8) is 0 Å². The maximum Gasteiger partial charge on any atom is 0.241 e. The van der Waals surface area contributed by atoms with E-state index < -0.39 is 10.0 Å². The van der Waals surface area contributed by atoms with Gasteiger partial charge in [-0.3, -0.25) is 4.98 Å². The molecule has 3 N–H and O–H groups in total. The standard InChI is InChI=1S/C15H19N3O2S/c1-10-7-13(16)12(3)15(8-10)21(19,20)18-9-14-11(2)5-4-6-17-14/h4-8,18H,9,16H2,1-3H3. The number of nitrogen functional groups attached to an aromatic ring is 1. The number of nitrogens with two attached hydrogens (primary N) is 1. The Morgan fingerprint density at radius 1 is 1.24 bits per heavy atom. The number of benzene rings is 1. The Morgan fingerprint density at radius 2 is 1.95 bits per heavy atom. The molecule has 21 heavy (non-hydrogen) atoms. The molecule has 112 valence electrons. The van der Waals surface area contributed by atoms with E-state index in [1.165, 1.54) is 0 Å². The van der Waals surface area contributed by atoms with Gasteiger partial charge in [0.1, 0.15) is 0 Å². The second-order valence-corrected chi connectivity index (χ2v) is 6.80. The number of hydrogen-bond donors (Lipinski definition) is 2. The number of pyridine rings is 1. The molecule has 0 radical (unpaired) electrons. The highest BCUT2D eigenvalue weighted by atomic mass is 32.2. The topological polar surface area (TPSA) is 85.1 Å². The van der Waals surface area contributed by atoms with Crippen LogP contribution in [0.5, 0.6) is 0 Å². The van der Waals surface area contributed by atoms with Crippen LogP contribution in [-0.4, -0.2) is 13.4 Å². The molecule has 0 aliphatic rings. The van der Waals surface area contributed by atoms with Gasteiger partial charge in [0.05, 0.1) is 17.1 Å². The molecular weight excluding hydrogens is 286 g/mol. The normalized spacial score (nSPS) is 11.6. The van der Waals surface area contributed by atoms with Crippen molar-refractivity contribution in [1.29, 1.82) is 0 Å². The molecule has 1 aromatic heterocycles. The number of hydrogen-bond acceptors (Lipinski definition) is 4. The summed E-state index contributed by atoms with van der Waals surface area (Å²) >= 11 is 0. The van der Waals surface area contributed by atoms with Gasteiger partial charge in [0, 0.05) is 11.9 Å². The van der Waals surface area contributed by atoms with Crippen molar-refractivity contribution in [3.05, 3.63) is 52.8 Å².